The number of hydrogen-bond acceptors (Lipinski definition) is 3. The van der Waals surface area contributed by atoms with Gasteiger partial charge in [-0.05, 0) is 31.0 Å². The number of rotatable bonds is 4. The van der Waals surface area contributed by atoms with E-state index in [0.29, 0.717) is 6.79 Å². The van der Waals surface area contributed by atoms with Crippen LogP contribution in [-0.4, -0.2) is 26.0 Å². The highest BCUT2D eigenvalue weighted by molar-refractivity contribution is 5.19. The molecule has 2 rings (SSSR count). The first kappa shape index (κ1) is 12.5. The summed E-state index contributed by atoms with van der Waals surface area (Å²) in [5.41, 5.74) is 0.956. The van der Waals surface area contributed by atoms with E-state index < -0.39 is 0 Å². The van der Waals surface area contributed by atoms with Gasteiger partial charge >= 0.3 is 0 Å². The highest BCUT2D eigenvalue weighted by Crippen LogP contribution is 2.14. The maximum Gasteiger partial charge on any atom is 0.147 e. The lowest BCUT2D eigenvalue weighted by atomic mass is 10.1. The molecule has 3 nitrogen and oxygen atoms in total. The number of ether oxygens (including phenoxy) is 2. The minimum atomic E-state index is -0.196. The standard InChI is InChI=1S/C13H18FNO2/c1-10(11-3-2-4-12(14)7-11)15-8-13-5-6-16-9-17-13/h2-4,7,10,13,15H,5-6,8-9H2,1H3/t10-,13?/m1/s1. The quantitative estimate of drug-likeness (QED) is 0.874. The molecule has 0 aliphatic carbocycles. The van der Waals surface area contributed by atoms with Crippen LogP contribution in [0.5, 0.6) is 0 Å². The number of halogens is 1. The summed E-state index contributed by atoms with van der Waals surface area (Å²) in [6.07, 6.45) is 1.10. The topological polar surface area (TPSA) is 30.5 Å². The van der Waals surface area contributed by atoms with Gasteiger partial charge in [0.15, 0.2) is 0 Å². The summed E-state index contributed by atoms with van der Waals surface area (Å²) in [6.45, 7) is 3.91. The summed E-state index contributed by atoms with van der Waals surface area (Å²) in [4.78, 5) is 0. The summed E-state index contributed by atoms with van der Waals surface area (Å²) < 4.78 is 23.6. The second-order valence-corrected chi connectivity index (χ2v) is 4.29. The molecular weight excluding hydrogens is 221 g/mol. The molecule has 0 bridgehead atoms. The predicted molar refractivity (Wildman–Crippen MR) is 63.1 cm³/mol. The van der Waals surface area contributed by atoms with Gasteiger partial charge in [0.05, 0.1) is 12.7 Å². The molecule has 1 aromatic carbocycles. The highest BCUT2D eigenvalue weighted by atomic mass is 19.1. The Morgan fingerprint density at radius 1 is 1.53 bits per heavy atom. The average Bonchev–Trinajstić information content (AvgIpc) is 2.37. The molecule has 1 fully saturated rings. The molecule has 0 radical (unpaired) electrons. The second kappa shape index (κ2) is 6.10. The van der Waals surface area contributed by atoms with Crippen LogP contribution in [0.25, 0.3) is 0 Å². The molecule has 1 N–H and O–H groups in total. The van der Waals surface area contributed by atoms with Crippen molar-refractivity contribution in [2.75, 3.05) is 19.9 Å². The van der Waals surface area contributed by atoms with Gasteiger partial charge in [-0.15, -0.1) is 0 Å². The molecule has 0 aromatic heterocycles. The molecule has 0 spiro atoms. The zero-order valence-electron chi connectivity index (χ0n) is 9.99. The monoisotopic (exact) mass is 239 g/mol. The van der Waals surface area contributed by atoms with Crippen molar-refractivity contribution >= 4 is 0 Å². The first-order valence-electron chi connectivity index (χ1n) is 5.94. The lowest BCUT2D eigenvalue weighted by molar-refractivity contribution is -0.137. The van der Waals surface area contributed by atoms with Crippen molar-refractivity contribution in [2.45, 2.75) is 25.5 Å². The Balaban J connectivity index is 1.82. The molecule has 0 amide bonds. The van der Waals surface area contributed by atoms with Gasteiger partial charge in [0.1, 0.15) is 12.6 Å². The summed E-state index contributed by atoms with van der Waals surface area (Å²) in [7, 11) is 0. The molecule has 1 heterocycles. The lowest BCUT2D eigenvalue weighted by Gasteiger charge is -2.25. The third-order valence-electron chi connectivity index (χ3n) is 2.97. The summed E-state index contributed by atoms with van der Waals surface area (Å²) >= 11 is 0. The van der Waals surface area contributed by atoms with Crippen LogP contribution in [0.3, 0.4) is 0 Å². The average molecular weight is 239 g/mol. The zero-order chi connectivity index (χ0) is 12.1. The van der Waals surface area contributed by atoms with Crippen molar-refractivity contribution in [3.8, 4) is 0 Å². The summed E-state index contributed by atoms with van der Waals surface area (Å²) in [5.74, 6) is -0.196. The zero-order valence-corrected chi connectivity index (χ0v) is 9.99. The normalized spacial score (nSPS) is 22.4. The predicted octanol–water partition coefficient (Wildman–Crippen LogP) is 2.24. The van der Waals surface area contributed by atoms with E-state index in [-0.39, 0.29) is 18.0 Å². The van der Waals surface area contributed by atoms with Crippen LogP contribution in [0.1, 0.15) is 24.9 Å². The molecule has 1 aliphatic heterocycles. The molecule has 2 atom stereocenters. The second-order valence-electron chi connectivity index (χ2n) is 4.29. The fraction of sp³-hybridized carbons (Fsp3) is 0.538. The minimum Gasteiger partial charge on any atom is -0.355 e. The van der Waals surface area contributed by atoms with Gasteiger partial charge in [0, 0.05) is 12.6 Å². The van der Waals surface area contributed by atoms with Crippen molar-refractivity contribution in [1.29, 1.82) is 0 Å². The fourth-order valence-electron chi connectivity index (χ4n) is 1.86. The van der Waals surface area contributed by atoms with E-state index in [2.05, 4.69) is 5.32 Å². The fourth-order valence-corrected chi connectivity index (χ4v) is 1.86. The van der Waals surface area contributed by atoms with Crippen molar-refractivity contribution in [3.05, 3.63) is 35.6 Å². The van der Waals surface area contributed by atoms with Gasteiger partial charge in [0.25, 0.3) is 0 Å². The van der Waals surface area contributed by atoms with Crippen LogP contribution >= 0.6 is 0 Å². The van der Waals surface area contributed by atoms with E-state index in [1.165, 1.54) is 6.07 Å². The van der Waals surface area contributed by atoms with Crippen molar-refractivity contribution in [2.24, 2.45) is 0 Å². The first-order chi connectivity index (χ1) is 8.25. The summed E-state index contributed by atoms with van der Waals surface area (Å²) in [6, 6.07) is 6.79. The van der Waals surface area contributed by atoms with Crippen LogP contribution < -0.4 is 5.32 Å². The number of hydrogen-bond donors (Lipinski definition) is 1. The van der Waals surface area contributed by atoms with E-state index in [1.807, 2.05) is 13.0 Å². The van der Waals surface area contributed by atoms with Gasteiger partial charge in [-0.1, -0.05) is 12.1 Å². The largest absolute Gasteiger partial charge is 0.355 e. The highest BCUT2D eigenvalue weighted by Gasteiger charge is 2.15. The van der Waals surface area contributed by atoms with Crippen LogP contribution in [0.15, 0.2) is 24.3 Å². The SMILES string of the molecule is C[C@@H](NCC1CCOCO1)c1cccc(F)c1. The third-order valence-corrected chi connectivity index (χ3v) is 2.97. The number of benzene rings is 1. The van der Waals surface area contributed by atoms with Crippen LogP contribution in [-0.2, 0) is 9.47 Å². The minimum absolute atomic E-state index is 0.122. The molecule has 4 heteroatoms. The van der Waals surface area contributed by atoms with Crippen molar-refractivity contribution < 1.29 is 13.9 Å². The Bertz CT molecular complexity index is 353. The van der Waals surface area contributed by atoms with Crippen LogP contribution in [0.4, 0.5) is 4.39 Å². The van der Waals surface area contributed by atoms with Crippen LogP contribution in [0.2, 0.25) is 0 Å². The number of nitrogens with one attached hydrogen (secondary N) is 1. The molecule has 1 unspecified atom stereocenters. The first-order valence-corrected chi connectivity index (χ1v) is 5.94. The van der Waals surface area contributed by atoms with E-state index in [1.54, 1.807) is 12.1 Å². The van der Waals surface area contributed by atoms with Gasteiger partial charge in [-0.2, -0.15) is 0 Å². The van der Waals surface area contributed by atoms with E-state index in [4.69, 9.17) is 9.47 Å². The molecule has 0 saturated carbocycles. The lowest BCUT2D eigenvalue weighted by Crippen LogP contribution is -2.35. The maximum absolute atomic E-state index is 13.1. The molecule has 94 valence electrons. The Hall–Kier alpha value is -0.970. The smallest absolute Gasteiger partial charge is 0.147 e. The molecule has 1 aliphatic rings. The van der Waals surface area contributed by atoms with Gasteiger partial charge in [-0.25, -0.2) is 4.39 Å². The van der Waals surface area contributed by atoms with E-state index >= 15 is 0 Å². The molecular formula is C13H18FNO2. The van der Waals surface area contributed by atoms with Crippen LogP contribution in [0, 0.1) is 5.82 Å². The van der Waals surface area contributed by atoms with Gasteiger partial charge in [0.2, 0.25) is 0 Å². The Morgan fingerprint density at radius 3 is 3.12 bits per heavy atom. The third kappa shape index (κ3) is 3.77. The molecule has 17 heavy (non-hydrogen) atoms. The van der Waals surface area contributed by atoms with E-state index in [9.17, 15) is 4.39 Å². The van der Waals surface area contributed by atoms with Gasteiger partial charge < -0.3 is 14.8 Å². The van der Waals surface area contributed by atoms with Crippen molar-refractivity contribution in [3.63, 3.8) is 0 Å². The summed E-state index contributed by atoms with van der Waals surface area (Å²) in [5, 5.41) is 3.35. The Morgan fingerprint density at radius 2 is 2.41 bits per heavy atom. The van der Waals surface area contributed by atoms with Crippen molar-refractivity contribution in [1.82, 2.24) is 5.32 Å². The Labute approximate surface area is 101 Å². The molecule has 1 aromatic rings. The molecule has 1 saturated heterocycles. The van der Waals surface area contributed by atoms with Gasteiger partial charge in [-0.3, -0.25) is 0 Å². The van der Waals surface area contributed by atoms with E-state index in [0.717, 1.165) is 25.1 Å². The maximum atomic E-state index is 13.1. The Kier molecular flexibility index (Phi) is 4.48.